The van der Waals surface area contributed by atoms with E-state index in [1.807, 2.05) is 24.3 Å². The van der Waals surface area contributed by atoms with E-state index in [2.05, 4.69) is 15.3 Å². The van der Waals surface area contributed by atoms with Gasteiger partial charge >= 0.3 is 0 Å². The first-order valence-corrected chi connectivity index (χ1v) is 6.71. The molecule has 0 atom stereocenters. The van der Waals surface area contributed by atoms with Crippen LogP contribution in [0.15, 0.2) is 30.6 Å². The maximum atomic E-state index is 12.3. The molecule has 2 rings (SSSR count). The van der Waals surface area contributed by atoms with E-state index < -0.39 is 0 Å². The van der Waals surface area contributed by atoms with Gasteiger partial charge in [0.1, 0.15) is 6.33 Å². The zero-order chi connectivity index (χ0) is 15.9. The fraction of sp³-hybridized carbons (Fsp3) is 0.267. The molecule has 2 aromatic rings. The van der Waals surface area contributed by atoms with Crippen molar-refractivity contribution in [2.75, 3.05) is 26.5 Å². The summed E-state index contributed by atoms with van der Waals surface area (Å²) in [4.78, 5) is 20.1. The molecule has 0 bridgehead atoms. The van der Waals surface area contributed by atoms with E-state index in [1.54, 1.807) is 0 Å². The first-order valence-electron chi connectivity index (χ1n) is 6.71. The normalized spacial score (nSPS) is 10.1. The highest BCUT2D eigenvalue weighted by Crippen LogP contribution is 2.22. The van der Waals surface area contributed by atoms with E-state index in [1.165, 1.54) is 20.5 Å². The molecule has 1 aromatic carbocycles. The summed E-state index contributed by atoms with van der Waals surface area (Å²) in [6.45, 7) is 0.462. The molecule has 7 heteroatoms. The van der Waals surface area contributed by atoms with Gasteiger partial charge in [0.2, 0.25) is 11.8 Å². The van der Waals surface area contributed by atoms with Gasteiger partial charge in [-0.1, -0.05) is 12.1 Å². The summed E-state index contributed by atoms with van der Waals surface area (Å²) in [7, 11) is 2.87. The number of nitrogen functional groups attached to an aromatic ring is 1. The lowest BCUT2D eigenvalue weighted by molar-refractivity contribution is 0.0946. The van der Waals surface area contributed by atoms with Crippen molar-refractivity contribution in [3.63, 3.8) is 0 Å². The Morgan fingerprint density at radius 1 is 1.14 bits per heavy atom. The van der Waals surface area contributed by atoms with Crippen LogP contribution in [-0.4, -0.2) is 36.6 Å². The molecule has 0 spiro atoms. The maximum Gasteiger partial charge on any atom is 0.262 e. The van der Waals surface area contributed by atoms with Crippen molar-refractivity contribution in [2.45, 2.75) is 6.42 Å². The first kappa shape index (κ1) is 15.6. The van der Waals surface area contributed by atoms with Crippen molar-refractivity contribution in [2.24, 2.45) is 0 Å². The Bertz CT molecular complexity index is 621. The van der Waals surface area contributed by atoms with Crippen LogP contribution in [0.1, 0.15) is 15.9 Å². The van der Waals surface area contributed by atoms with E-state index in [4.69, 9.17) is 15.2 Å². The van der Waals surface area contributed by atoms with Crippen LogP contribution in [0.3, 0.4) is 0 Å². The number of hydrogen-bond acceptors (Lipinski definition) is 6. The van der Waals surface area contributed by atoms with Gasteiger partial charge in [0.15, 0.2) is 5.56 Å². The van der Waals surface area contributed by atoms with Crippen LogP contribution in [0, 0.1) is 0 Å². The standard InChI is InChI=1S/C15H18N4O3/c1-21-14-12(15(22-2)19-9-18-14)13(20)17-8-7-10-3-5-11(16)6-4-10/h3-6,9H,7-8,16H2,1-2H3,(H,17,20). The Morgan fingerprint density at radius 3 is 2.27 bits per heavy atom. The summed E-state index contributed by atoms with van der Waals surface area (Å²) in [6, 6.07) is 7.51. The van der Waals surface area contributed by atoms with Crippen molar-refractivity contribution in [1.82, 2.24) is 15.3 Å². The predicted molar refractivity (Wildman–Crippen MR) is 82.0 cm³/mol. The molecular weight excluding hydrogens is 284 g/mol. The van der Waals surface area contributed by atoms with Crippen molar-refractivity contribution in [3.8, 4) is 11.8 Å². The number of methoxy groups -OCH3 is 2. The lowest BCUT2D eigenvalue weighted by Crippen LogP contribution is -2.27. The van der Waals surface area contributed by atoms with Crippen LogP contribution in [0.4, 0.5) is 5.69 Å². The quantitative estimate of drug-likeness (QED) is 0.774. The van der Waals surface area contributed by atoms with E-state index in [0.717, 1.165) is 5.56 Å². The van der Waals surface area contributed by atoms with Gasteiger partial charge in [-0.15, -0.1) is 0 Å². The number of amides is 1. The van der Waals surface area contributed by atoms with Crippen LogP contribution in [0.2, 0.25) is 0 Å². The van der Waals surface area contributed by atoms with Gasteiger partial charge in [0, 0.05) is 12.2 Å². The molecule has 1 aromatic heterocycles. The van der Waals surface area contributed by atoms with E-state index in [0.29, 0.717) is 18.7 Å². The fourth-order valence-corrected chi connectivity index (χ4v) is 1.95. The van der Waals surface area contributed by atoms with Crippen molar-refractivity contribution >= 4 is 11.6 Å². The highest BCUT2D eigenvalue weighted by atomic mass is 16.5. The Balaban J connectivity index is 2.02. The average molecular weight is 302 g/mol. The zero-order valence-corrected chi connectivity index (χ0v) is 12.5. The highest BCUT2D eigenvalue weighted by Gasteiger charge is 2.20. The molecule has 0 aliphatic rings. The number of carbonyl (C=O) groups excluding carboxylic acids is 1. The summed E-state index contributed by atoms with van der Waals surface area (Å²) in [6.07, 6.45) is 1.97. The van der Waals surface area contributed by atoms with Crippen molar-refractivity contribution < 1.29 is 14.3 Å². The van der Waals surface area contributed by atoms with Gasteiger partial charge in [0.25, 0.3) is 5.91 Å². The number of anilines is 1. The molecule has 3 N–H and O–H groups in total. The highest BCUT2D eigenvalue weighted by molar-refractivity contribution is 5.98. The predicted octanol–water partition coefficient (Wildman–Crippen LogP) is 1.05. The first-order chi connectivity index (χ1) is 10.7. The molecule has 7 nitrogen and oxygen atoms in total. The molecule has 116 valence electrons. The summed E-state index contributed by atoms with van der Waals surface area (Å²) >= 11 is 0. The third kappa shape index (κ3) is 3.63. The SMILES string of the molecule is COc1ncnc(OC)c1C(=O)NCCc1ccc(N)cc1. The fourth-order valence-electron chi connectivity index (χ4n) is 1.95. The number of nitrogens with zero attached hydrogens (tertiary/aromatic N) is 2. The molecule has 0 saturated carbocycles. The van der Waals surface area contributed by atoms with Crippen LogP contribution in [0.5, 0.6) is 11.8 Å². The van der Waals surface area contributed by atoms with Crippen LogP contribution in [-0.2, 0) is 6.42 Å². The van der Waals surface area contributed by atoms with E-state index in [-0.39, 0.29) is 23.2 Å². The summed E-state index contributed by atoms with van der Waals surface area (Å²) in [5.74, 6) is 0.0124. The number of aromatic nitrogens is 2. The second-order valence-corrected chi connectivity index (χ2v) is 4.51. The third-order valence-corrected chi connectivity index (χ3v) is 3.07. The minimum absolute atomic E-state index is 0.178. The molecule has 0 aliphatic carbocycles. The number of hydrogen-bond donors (Lipinski definition) is 2. The number of nitrogens with one attached hydrogen (secondary N) is 1. The van der Waals surface area contributed by atoms with Crippen molar-refractivity contribution in [3.05, 3.63) is 41.7 Å². The van der Waals surface area contributed by atoms with Crippen LogP contribution < -0.4 is 20.5 Å². The van der Waals surface area contributed by atoms with Crippen LogP contribution in [0.25, 0.3) is 0 Å². The smallest absolute Gasteiger partial charge is 0.262 e. The molecule has 0 radical (unpaired) electrons. The lowest BCUT2D eigenvalue weighted by Gasteiger charge is -2.11. The number of carbonyl (C=O) groups is 1. The summed E-state index contributed by atoms with van der Waals surface area (Å²) < 4.78 is 10.2. The van der Waals surface area contributed by atoms with Gasteiger partial charge < -0.3 is 20.5 Å². The third-order valence-electron chi connectivity index (χ3n) is 3.07. The molecule has 0 fully saturated rings. The maximum absolute atomic E-state index is 12.3. The Hall–Kier alpha value is -2.83. The molecular formula is C15H18N4O3. The minimum atomic E-state index is -0.343. The minimum Gasteiger partial charge on any atom is -0.480 e. The van der Waals surface area contributed by atoms with Gasteiger partial charge in [-0.25, -0.2) is 9.97 Å². The van der Waals surface area contributed by atoms with E-state index >= 15 is 0 Å². The number of rotatable bonds is 6. The second kappa shape index (κ2) is 7.26. The molecule has 0 unspecified atom stereocenters. The van der Waals surface area contributed by atoms with E-state index in [9.17, 15) is 4.79 Å². The monoisotopic (exact) mass is 302 g/mol. The van der Waals surface area contributed by atoms with Gasteiger partial charge in [-0.2, -0.15) is 0 Å². The topological polar surface area (TPSA) is 99.4 Å². The lowest BCUT2D eigenvalue weighted by atomic mass is 10.1. The molecule has 1 amide bonds. The second-order valence-electron chi connectivity index (χ2n) is 4.51. The van der Waals surface area contributed by atoms with Crippen LogP contribution >= 0.6 is 0 Å². The zero-order valence-electron chi connectivity index (χ0n) is 12.5. The molecule has 0 aliphatic heterocycles. The molecule has 1 heterocycles. The Kier molecular flexibility index (Phi) is 5.13. The average Bonchev–Trinajstić information content (AvgIpc) is 2.55. The number of benzene rings is 1. The number of ether oxygens (including phenoxy) is 2. The Morgan fingerprint density at radius 2 is 1.73 bits per heavy atom. The van der Waals surface area contributed by atoms with Gasteiger partial charge in [-0.3, -0.25) is 4.79 Å². The largest absolute Gasteiger partial charge is 0.480 e. The Labute approximate surface area is 128 Å². The molecule has 22 heavy (non-hydrogen) atoms. The van der Waals surface area contributed by atoms with Gasteiger partial charge in [-0.05, 0) is 24.1 Å². The van der Waals surface area contributed by atoms with Crippen molar-refractivity contribution in [1.29, 1.82) is 0 Å². The summed E-state index contributed by atoms with van der Waals surface area (Å²) in [5.41, 5.74) is 7.61. The number of nitrogens with two attached hydrogens (primary N) is 1. The van der Waals surface area contributed by atoms with Gasteiger partial charge in [0.05, 0.1) is 14.2 Å². The molecule has 0 saturated heterocycles. The summed E-state index contributed by atoms with van der Waals surface area (Å²) in [5, 5.41) is 2.80.